The second-order valence-electron chi connectivity index (χ2n) is 6.58. The fourth-order valence-electron chi connectivity index (χ4n) is 2.52. The maximum absolute atomic E-state index is 12.9. The van der Waals surface area contributed by atoms with Gasteiger partial charge < -0.3 is 10.6 Å². The molecule has 2 amide bonds. The predicted octanol–water partition coefficient (Wildman–Crippen LogP) is 4.55. The van der Waals surface area contributed by atoms with Crippen molar-refractivity contribution in [3.8, 4) is 0 Å². The average Bonchev–Trinajstić information content (AvgIpc) is 2.59. The van der Waals surface area contributed by atoms with Crippen molar-refractivity contribution in [3.05, 3.63) is 65.7 Å². The SMILES string of the molecule is CC(C)CC(=O)NC(C(=O)Nc1cccc(C(F)(F)F)c1)c1ccccc1. The van der Waals surface area contributed by atoms with E-state index in [1.165, 1.54) is 12.1 Å². The van der Waals surface area contributed by atoms with E-state index in [1.807, 2.05) is 13.8 Å². The van der Waals surface area contributed by atoms with E-state index < -0.39 is 23.7 Å². The number of carbonyl (C=O) groups is 2. The molecule has 2 aromatic rings. The molecule has 0 spiro atoms. The van der Waals surface area contributed by atoms with Gasteiger partial charge in [-0.15, -0.1) is 0 Å². The number of anilines is 1. The lowest BCUT2D eigenvalue weighted by Gasteiger charge is -2.20. The van der Waals surface area contributed by atoms with E-state index in [4.69, 9.17) is 0 Å². The molecule has 144 valence electrons. The number of rotatable bonds is 6. The van der Waals surface area contributed by atoms with Gasteiger partial charge in [0.05, 0.1) is 5.56 Å². The molecule has 1 unspecified atom stereocenters. The topological polar surface area (TPSA) is 58.2 Å². The van der Waals surface area contributed by atoms with Crippen LogP contribution in [0.15, 0.2) is 54.6 Å². The first-order valence-corrected chi connectivity index (χ1v) is 8.49. The van der Waals surface area contributed by atoms with Crippen LogP contribution >= 0.6 is 0 Å². The Bertz CT molecular complexity index is 789. The number of alkyl halides is 3. The van der Waals surface area contributed by atoms with Gasteiger partial charge >= 0.3 is 6.18 Å². The first-order chi connectivity index (χ1) is 12.7. The standard InChI is InChI=1S/C20H21F3N2O2/c1-13(2)11-17(26)25-18(14-7-4-3-5-8-14)19(27)24-16-10-6-9-15(12-16)20(21,22)23/h3-10,12-13,18H,11H2,1-2H3,(H,24,27)(H,25,26). The van der Waals surface area contributed by atoms with Gasteiger partial charge in [-0.25, -0.2) is 0 Å². The van der Waals surface area contributed by atoms with E-state index in [1.54, 1.807) is 30.3 Å². The zero-order valence-electron chi connectivity index (χ0n) is 15.0. The predicted molar refractivity (Wildman–Crippen MR) is 96.9 cm³/mol. The molecule has 0 saturated carbocycles. The molecule has 2 N–H and O–H groups in total. The van der Waals surface area contributed by atoms with Gasteiger partial charge in [-0.1, -0.05) is 50.2 Å². The molecule has 2 aromatic carbocycles. The van der Waals surface area contributed by atoms with Gasteiger partial charge in [-0.05, 0) is 29.7 Å². The Balaban J connectivity index is 2.22. The van der Waals surface area contributed by atoms with Crippen LogP contribution < -0.4 is 10.6 Å². The molecule has 2 rings (SSSR count). The molecule has 0 aliphatic rings. The molecular formula is C20H21F3N2O2. The third-order valence-corrected chi connectivity index (χ3v) is 3.75. The summed E-state index contributed by atoms with van der Waals surface area (Å²) in [5.41, 5.74) is -0.312. The highest BCUT2D eigenvalue weighted by Crippen LogP contribution is 2.31. The van der Waals surface area contributed by atoms with E-state index in [0.29, 0.717) is 5.56 Å². The molecule has 0 radical (unpaired) electrons. The van der Waals surface area contributed by atoms with Crippen LogP contribution in [0, 0.1) is 5.92 Å². The Morgan fingerprint density at radius 1 is 1.00 bits per heavy atom. The summed E-state index contributed by atoms with van der Waals surface area (Å²) < 4.78 is 38.6. The largest absolute Gasteiger partial charge is 0.416 e. The van der Waals surface area contributed by atoms with Crippen molar-refractivity contribution < 1.29 is 22.8 Å². The van der Waals surface area contributed by atoms with Crippen LogP contribution in [-0.2, 0) is 15.8 Å². The Morgan fingerprint density at radius 3 is 2.26 bits per heavy atom. The monoisotopic (exact) mass is 378 g/mol. The highest BCUT2D eigenvalue weighted by molar-refractivity contribution is 5.98. The van der Waals surface area contributed by atoms with Crippen LogP contribution in [0.5, 0.6) is 0 Å². The molecule has 0 saturated heterocycles. The summed E-state index contributed by atoms with van der Waals surface area (Å²) in [7, 11) is 0. The minimum Gasteiger partial charge on any atom is -0.341 e. The quantitative estimate of drug-likeness (QED) is 0.775. The second kappa shape index (κ2) is 8.70. The van der Waals surface area contributed by atoms with Crippen molar-refractivity contribution in [1.82, 2.24) is 5.32 Å². The van der Waals surface area contributed by atoms with Gasteiger partial charge in [0.1, 0.15) is 6.04 Å². The van der Waals surface area contributed by atoms with Crippen molar-refractivity contribution in [3.63, 3.8) is 0 Å². The minimum absolute atomic E-state index is 0.00821. The Hall–Kier alpha value is -2.83. The van der Waals surface area contributed by atoms with Crippen LogP contribution in [0.3, 0.4) is 0 Å². The molecule has 4 nitrogen and oxygen atoms in total. The molecule has 0 aliphatic carbocycles. The lowest BCUT2D eigenvalue weighted by atomic mass is 10.0. The second-order valence-corrected chi connectivity index (χ2v) is 6.58. The van der Waals surface area contributed by atoms with E-state index >= 15 is 0 Å². The fraction of sp³-hybridized carbons (Fsp3) is 0.300. The molecule has 0 heterocycles. The summed E-state index contributed by atoms with van der Waals surface area (Å²) in [6.07, 6.45) is -4.27. The van der Waals surface area contributed by atoms with Gasteiger partial charge in [0.25, 0.3) is 5.91 Å². The average molecular weight is 378 g/mol. The number of halogens is 3. The smallest absolute Gasteiger partial charge is 0.341 e. The fourth-order valence-corrected chi connectivity index (χ4v) is 2.52. The molecule has 0 aliphatic heterocycles. The first-order valence-electron chi connectivity index (χ1n) is 8.49. The summed E-state index contributed by atoms with van der Waals surface area (Å²) in [5.74, 6) is -0.816. The Labute approximate surface area is 155 Å². The minimum atomic E-state index is -4.51. The molecule has 27 heavy (non-hydrogen) atoms. The van der Waals surface area contributed by atoms with E-state index in [0.717, 1.165) is 12.1 Å². The number of hydrogen-bond acceptors (Lipinski definition) is 2. The summed E-state index contributed by atoms with van der Waals surface area (Å²) in [5, 5.41) is 5.11. The van der Waals surface area contributed by atoms with Crippen LogP contribution in [0.4, 0.5) is 18.9 Å². The van der Waals surface area contributed by atoms with Crippen molar-refractivity contribution >= 4 is 17.5 Å². The van der Waals surface area contributed by atoms with Crippen molar-refractivity contribution in [2.45, 2.75) is 32.5 Å². The lowest BCUT2D eigenvalue weighted by molar-refractivity contribution is -0.137. The number of carbonyl (C=O) groups excluding carboxylic acids is 2. The Morgan fingerprint density at radius 2 is 1.67 bits per heavy atom. The molecule has 0 bridgehead atoms. The molecular weight excluding hydrogens is 357 g/mol. The van der Waals surface area contributed by atoms with E-state index in [9.17, 15) is 22.8 Å². The molecule has 0 fully saturated rings. The lowest BCUT2D eigenvalue weighted by Crippen LogP contribution is -2.37. The maximum atomic E-state index is 12.9. The van der Waals surface area contributed by atoms with E-state index in [2.05, 4.69) is 10.6 Å². The highest BCUT2D eigenvalue weighted by atomic mass is 19.4. The summed E-state index contributed by atoms with van der Waals surface area (Å²) in [4.78, 5) is 24.8. The van der Waals surface area contributed by atoms with Crippen LogP contribution in [0.25, 0.3) is 0 Å². The Kier molecular flexibility index (Phi) is 6.60. The van der Waals surface area contributed by atoms with Crippen molar-refractivity contribution in [2.75, 3.05) is 5.32 Å². The molecule has 1 atom stereocenters. The van der Waals surface area contributed by atoms with Gasteiger partial charge in [-0.2, -0.15) is 13.2 Å². The number of benzene rings is 2. The maximum Gasteiger partial charge on any atom is 0.416 e. The third kappa shape index (κ3) is 6.13. The zero-order chi connectivity index (χ0) is 20.0. The number of hydrogen-bond donors (Lipinski definition) is 2. The molecule has 0 aromatic heterocycles. The zero-order valence-corrected chi connectivity index (χ0v) is 15.0. The van der Waals surface area contributed by atoms with Crippen LogP contribution in [0.2, 0.25) is 0 Å². The van der Waals surface area contributed by atoms with Gasteiger partial charge in [0.2, 0.25) is 5.91 Å². The van der Waals surface area contributed by atoms with Crippen molar-refractivity contribution in [1.29, 1.82) is 0 Å². The summed E-state index contributed by atoms with van der Waals surface area (Å²) in [6.45, 7) is 3.75. The van der Waals surface area contributed by atoms with Gasteiger partial charge in [0, 0.05) is 12.1 Å². The summed E-state index contributed by atoms with van der Waals surface area (Å²) >= 11 is 0. The third-order valence-electron chi connectivity index (χ3n) is 3.75. The normalized spacial score (nSPS) is 12.5. The number of nitrogens with one attached hydrogen (secondary N) is 2. The number of amides is 2. The van der Waals surface area contributed by atoms with Crippen LogP contribution in [-0.4, -0.2) is 11.8 Å². The van der Waals surface area contributed by atoms with E-state index in [-0.39, 0.29) is 23.9 Å². The van der Waals surface area contributed by atoms with Crippen molar-refractivity contribution in [2.24, 2.45) is 5.92 Å². The van der Waals surface area contributed by atoms with Gasteiger partial charge in [0.15, 0.2) is 0 Å². The highest BCUT2D eigenvalue weighted by Gasteiger charge is 2.31. The van der Waals surface area contributed by atoms with Gasteiger partial charge in [-0.3, -0.25) is 9.59 Å². The summed E-state index contributed by atoms with van der Waals surface area (Å²) in [6, 6.07) is 11.9. The van der Waals surface area contributed by atoms with Crippen LogP contribution in [0.1, 0.15) is 37.4 Å². The first kappa shape index (κ1) is 20.5. The molecule has 7 heteroatoms.